The van der Waals surface area contributed by atoms with Crippen molar-refractivity contribution in [2.24, 2.45) is 0 Å². The smallest absolute Gasteiger partial charge is 0.320 e. The van der Waals surface area contributed by atoms with E-state index < -0.39 is 5.97 Å². The average Bonchev–Trinajstić information content (AvgIpc) is 2.40. The lowest BCUT2D eigenvalue weighted by molar-refractivity contribution is -0.139. The van der Waals surface area contributed by atoms with Crippen LogP contribution in [0.1, 0.15) is 12.8 Å². The molecule has 0 aromatic rings. The van der Waals surface area contributed by atoms with E-state index in [0.717, 1.165) is 13.0 Å². The van der Waals surface area contributed by atoms with Crippen LogP contribution in [0, 0.1) is 0 Å². The van der Waals surface area contributed by atoms with Gasteiger partial charge in [-0.25, -0.2) is 0 Å². The number of rotatable bonds is 1. The quantitative estimate of drug-likeness (QED) is 0.543. The van der Waals surface area contributed by atoms with Gasteiger partial charge in [0.2, 0.25) is 0 Å². The highest BCUT2D eigenvalue weighted by atomic mass is 16.5. The third-order valence-electron chi connectivity index (χ3n) is 2.39. The molecule has 11 heavy (non-hydrogen) atoms. The van der Waals surface area contributed by atoms with Gasteiger partial charge in [-0.2, -0.15) is 0 Å². The molecule has 3 atom stereocenters. The van der Waals surface area contributed by atoms with Crippen molar-refractivity contribution in [2.75, 3.05) is 6.61 Å². The molecule has 0 aromatic carbocycles. The van der Waals surface area contributed by atoms with Gasteiger partial charge >= 0.3 is 5.97 Å². The summed E-state index contributed by atoms with van der Waals surface area (Å²) in [7, 11) is 0. The Hall–Kier alpha value is -0.610. The van der Waals surface area contributed by atoms with Crippen molar-refractivity contribution in [1.29, 1.82) is 0 Å². The van der Waals surface area contributed by atoms with Gasteiger partial charge in [-0.1, -0.05) is 0 Å². The van der Waals surface area contributed by atoms with Gasteiger partial charge in [-0.3, -0.25) is 10.1 Å². The van der Waals surface area contributed by atoms with Crippen molar-refractivity contribution in [3.8, 4) is 0 Å². The van der Waals surface area contributed by atoms with Crippen LogP contribution in [0.2, 0.25) is 0 Å². The maximum atomic E-state index is 10.5. The molecule has 4 heteroatoms. The predicted molar refractivity (Wildman–Crippen MR) is 37.3 cm³/mol. The summed E-state index contributed by atoms with van der Waals surface area (Å²) in [6.07, 6.45) is 1.73. The standard InChI is InChI=1S/C7H11NO3/c9-7(10)5-3-6-4(8-5)1-2-11-6/h4-6,8H,1-3H2,(H,9,10)/t4-,5-,6+/m0/s1. The minimum absolute atomic E-state index is 0.149. The molecule has 2 saturated heterocycles. The molecule has 0 aliphatic carbocycles. The Bertz CT molecular complexity index is 171. The number of carboxylic acids is 1. The van der Waals surface area contributed by atoms with Crippen molar-refractivity contribution in [3.05, 3.63) is 0 Å². The zero-order valence-corrected chi connectivity index (χ0v) is 6.12. The van der Waals surface area contributed by atoms with Crippen molar-refractivity contribution in [3.63, 3.8) is 0 Å². The minimum Gasteiger partial charge on any atom is -0.480 e. The van der Waals surface area contributed by atoms with Crippen molar-refractivity contribution in [2.45, 2.75) is 31.0 Å². The molecule has 2 heterocycles. The fourth-order valence-electron chi connectivity index (χ4n) is 1.80. The van der Waals surface area contributed by atoms with E-state index in [1.807, 2.05) is 0 Å². The fourth-order valence-corrected chi connectivity index (χ4v) is 1.80. The zero-order chi connectivity index (χ0) is 7.84. The third kappa shape index (κ3) is 1.12. The highest BCUT2D eigenvalue weighted by molar-refractivity contribution is 5.74. The molecule has 0 radical (unpaired) electrons. The second kappa shape index (κ2) is 2.46. The van der Waals surface area contributed by atoms with Gasteiger partial charge in [-0.05, 0) is 6.42 Å². The van der Waals surface area contributed by atoms with Gasteiger partial charge in [0.25, 0.3) is 0 Å². The largest absolute Gasteiger partial charge is 0.480 e. The number of hydrogen-bond donors (Lipinski definition) is 2. The Labute approximate surface area is 64.5 Å². The van der Waals surface area contributed by atoms with E-state index >= 15 is 0 Å². The zero-order valence-electron chi connectivity index (χ0n) is 6.12. The SMILES string of the molecule is O=C(O)[C@@H]1C[C@H]2OCC[C@@H]2N1. The minimum atomic E-state index is -0.761. The molecule has 0 aromatic heterocycles. The molecule has 2 aliphatic rings. The van der Waals surface area contributed by atoms with Crippen LogP contribution in [0.15, 0.2) is 0 Å². The van der Waals surface area contributed by atoms with Crippen LogP contribution in [0.4, 0.5) is 0 Å². The number of hydrogen-bond acceptors (Lipinski definition) is 3. The second-order valence-corrected chi connectivity index (χ2v) is 3.10. The average molecular weight is 157 g/mol. The third-order valence-corrected chi connectivity index (χ3v) is 2.39. The van der Waals surface area contributed by atoms with E-state index in [1.165, 1.54) is 0 Å². The van der Waals surface area contributed by atoms with Gasteiger partial charge in [0.1, 0.15) is 6.04 Å². The molecule has 62 valence electrons. The Morgan fingerprint density at radius 3 is 3.09 bits per heavy atom. The summed E-state index contributed by atoms with van der Waals surface area (Å²) in [5, 5.41) is 11.7. The molecular formula is C7H11NO3. The van der Waals surface area contributed by atoms with Crippen LogP contribution >= 0.6 is 0 Å². The summed E-state index contributed by atoms with van der Waals surface area (Å²) in [4.78, 5) is 10.5. The van der Waals surface area contributed by atoms with Gasteiger partial charge in [-0.15, -0.1) is 0 Å². The van der Waals surface area contributed by atoms with Crippen LogP contribution in [-0.4, -0.2) is 35.9 Å². The van der Waals surface area contributed by atoms with E-state index in [1.54, 1.807) is 0 Å². The summed E-state index contributed by atoms with van der Waals surface area (Å²) in [5.74, 6) is -0.761. The van der Waals surface area contributed by atoms with Crippen LogP contribution < -0.4 is 5.32 Å². The van der Waals surface area contributed by atoms with E-state index in [-0.39, 0.29) is 18.2 Å². The molecular weight excluding hydrogens is 146 g/mol. The van der Waals surface area contributed by atoms with Crippen LogP contribution in [0.5, 0.6) is 0 Å². The van der Waals surface area contributed by atoms with Gasteiger partial charge in [0.05, 0.1) is 6.10 Å². The predicted octanol–water partition coefficient (Wildman–Crippen LogP) is -0.410. The lowest BCUT2D eigenvalue weighted by Gasteiger charge is -2.05. The number of fused-ring (bicyclic) bond motifs is 1. The van der Waals surface area contributed by atoms with E-state index in [4.69, 9.17) is 9.84 Å². The summed E-state index contributed by atoms with van der Waals surface area (Å²) in [6, 6.07) is -0.0959. The Kier molecular flexibility index (Phi) is 1.58. The van der Waals surface area contributed by atoms with E-state index in [0.29, 0.717) is 6.42 Å². The number of carboxylic acid groups (broad SMARTS) is 1. The van der Waals surface area contributed by atoms with E-state index in [9.17, 15) is 4.79 Å². The summed E-state index contributed by atoms with van der Waals surface area (Å²) in [6.45, 7) is 0.772. The fraction of sp³-hybridized carbons (Fsp3) is 0.857. The molecule has 2 fully saturated rings. The molecule has 0 unspecified atom stereocenters. The number of carbonyl (C=O) groups is 1. The first-order chi connectivity index (χ1) is 5.27. The van der Waals surface area contributed by atoms with Crippen molar-refractivity contribution >= 4 is 5.97 Å². The normalized spacial score (nSPS) is 42.4. The molecule has 0 saturated carbocycles. The van der Waals surface area contributed by atoms with Crippen LogP contribution in [0.25, 0.3) is 0 Å². The Morgan fingerprint density at radius 1 is 1.64 bits per heavy atom. The summed E-state index contributed by atoms with van der Waals surface area (Å²) >= 11 is 0. The second-order valence-electron chi connectivity index (χ2n) is 3.10. The van der Waals surface area contributed by atoms with Gasteiger partial charge in [0.15, 0.2) is 0 Å². The maximum Gasteiger partial charge on any atom is 0.320 e. The highest BCUT2D eigenvalue weighted by Gasteiger charge is 2.40. The first-order valence-corrected chi connectivity index (χ1v) is 3.88. The van der Waals surface area contributed by atoms with Crippen molar-refractivity contribution < 1.29 is 14.6 Å². The maximum absolute atomic E-state index is 10.5. The van der Waals surface area contributed by atoms with E-state index in [2.05, 4.69) is 5.32 Å². The number of aliphatic carboxylic acids is 1. The molecule has 4 nitrogen and oxygen atoms in total. The van der Waals surface area contributed by atoms with Crippen LogP contribution in [-0.2, 0) is 9.53 Å². The molecule has 0 bridgehead atoms. The topological polar surface area (TPSA) is 58.6 Å². The highest BCUT2D eigenvalue weighted by Crippen LogP contribution is 2.24. The summed E-state index contributed by atoms with van der Waals surface area (Å²) in [5.41, 5.74) is 0. The Balaban J connectivity index is 1.99. The summed E-state index contributed by atoms with van der Waals surface area (Å²) < 4.78 is 5.33. The first-order valence-electron chi connectivity index (χ1n) is 3.88. The lowest BCUT2D eigenvalue weighted by Crippen LogP contribution is -2.35. The lowest BCUT2D eigenvalue weighted by atomic mass is 10.1. The molecule has 2 rings (SSSR count). The molecule has 0 spiro atoms. The van der Waals surface area contributed by atoms with Crippen LogP contribution in [0.3, 0.4) is 0 Å². The molecule has 2 N–H and O–H groups in total. The number of nitrogens with one attached hydrogen (secondary N) is 1. The number of ether oxygens (including phenoxy) is 1. The van der Waals surface area contributed by atoms with Gasteiger partial charge in [0, 0.05) is 19.1 Å². The molecule has 2 aliphatic heterocycles. The monoisotopic (exact) mass is 157 g/mol. The van der Waals surface area contributed by atoms with Crippen molar-refractivity contribution in [1.82, 2.24) is 5.32 Å². The van der Waals surface area contributed by atoms with Gasteiger partial charge < -0.3 is 9.84 Å². The Morgan fingerprint density at radius 2 is 2.45 bits per heavy atom. The first kappa shape index (κ1) is 7.06. The molecule has 0 amide bonds.